The minimum Gasteiger partial charge on any atom is -0.334 e. The number of nitrogens with zero attached hydrogens (tertiary/aromatic N) is 3. The molecule has 3 aliphatic heterocycles. The number of hydrogen-bond acceptors (Lipinski definition) is 3. The highest BCUT2D eigenvalue weighted by molar-refractivity contribution is 7.00. The van der Waals surface area contributed by atoms with Gasteiger partial charge in [-0.1, -0.05) is 261 Å². The maximum absolute atomic E-state index is 2.86. The molecule has 462 valence electrons. The summed E-state index contributed by atoms with van der Waals surface area (Å²) in [6.45, 7) is 36.2. The van der Waals surface area contributed by atoms with Gasteiger partial charge < -0.3 is 14.7 Å². The van der Waals surface area contributed by atoms with Crippen LogP contribution in [0.1, 0.15) is 176 Å². The molecule has 0 N–H and O–H groups in total. The van der Waals surface area contributed by atoms with E-state index in [1.165, 1.54) is 153 Å². The van der Waals surface area contributed by atoms with Crippen LogP contribution in [0.25, 0.3) is 44.5 Å². The van der Waals surface area contributed by atoms with E-state index < -0.39 is 0 Å². The molecule has 1 saturated carbocycles. The van der Waals surface area contributed by atoms with E-state index in [1.54, 1.807) is 0 Å². The molecule has 0 spiro atoms. The summed E-state index contributed by atoms with van der Waals surface area (Å²) in [6, 6.07) is 83.6. The Labute approximate surface area is 550 Å². The predicted molar refractivity (Wildman–Crippen MR) is 396 cm³/mol. The first-order valence-corrected chi connectivity index (χ1v) is 34.4. The maximum Gasteiger partial charge on any atom is 0.252 e. The van der Waals surface area contributed by atoms with Gasteiger partial charge in [0.15, 0.2) is 0 Å². The summed E-state index contributed by atoms with van der Waals surface area (Å²) in [5, 5.41) is 0. The van der Waals surface area contributed by atoms with E-state index in [9.17, 15) is 0 Å². The van der Waals surface area contributed by atoms with Crippen molar-refractivity contribution in [2.45, 2.75) is 180 Å². The Hall–Kier alpha value is -8.34. The second-order valence-electron chi connectivity index (χ2n) is 32.8. The number of hydrogen-bond donors (Lipinski definition) is 0. The molecule has 92 heavy (non-hydrogen) atoms. The van der Waals surface area contributed by atoms with Gasteiger partial charge in [-0.15, -0.1) is 0 Å². The fourth-order valence-electron chi connectivity index (χ4n) is 17.1. The molecule has 3 nitrogen and oxygen atoms in total. The lowest BCUT2D eigenvalue weighted by Gasteiger charge is -2.51. The van der Waals surface area contributed by atoms with Gasteiger partial charge in [0.1, 0.15) is 0 Å². The fourth-order valence-corrected chi connectivity index (χ4v) is 17.1. The van der Waals surface area contributed by atoms with E-state index in [0.29, 0.717) is 0 Å². The Morgan fingerprint density at radius 2 is 0.750 bits per heavy atom. The van der Waals surface area contributed by atoms with Crippen LogP contribution >= 0.6 is 0 Å². The average Bonchev–Trinajstić information content (AvgIpc) is 0.930. The number of fused-ring (bicyclic) bond motifs is 8. The zero-order chi connectivity index (χ0) is 64.2. The first-order chi connectivity index (χ1) is 43.7. The third-order valence-electron chi connectivity index (χ3n) is 23.0. The van der Waals surface area contributed by atoms with E-state index in [2.05, 4.69) is 331 Å². The van der Waals surface area contributed by atoms with Gasteiger partial charge in [0.25, 0.3) is 6.71 Å². The zero-order valence-corrected chi connectivity index (χ0v) is 57.4. The third kappa shape index (κ3) is 9.49. The molecule has 5 aliphatic rings. The maximum atomic E-state index is 2.86. The Kier molecular flexibility index (Phi) is 13.7. The second-order valence-corrected chi connectivity index (χ2v) is 32.8. The van der Waals surface area contributed by atoms with Gasteiger partial charge in [-0.25, -0.2) is 0 Å². The molecule has 0 amide bonds. The van der Waals surface area contributed by atoms with Crippen molar-refractivity contribution in [1.29, 1.82) is 0 Å². The second kappa shape index (κ2) is 21.1. The lowest BCUT2D eigenvalue weighted by molar-refractivity contribution is 0.195. The van der Waals surface area contributed by atoms with Crippen LogP contribution in [0.5, 0.6) is 0 Å². The molecule has 0 saturated heterocycles. The van der Waals surface area contributed by atoms with Gasteiger partial charge in [0.05, 0.1) is 16.9 Å². The van der Waals surface area contributed by atoms with E-state index in [0.717, 1.165) is 25.7 Å². The van der Waals surface area contributed by atoms with Crippen molar-refractivity contribution in [3.05, 3.63) is 246 Å². The molecular formula is C88H92BN3. The minimum atomic E-state index is -0.246. The largest absolute Gasteiger partial charge is 0.334 e. The molecule has 2 unspecified atom stereocenters. The standard InChI is InChI=1S/C88H92BN3/c1-82(2,3)63-37-33-58(34-38-63)61-35-41-76-71(49-61)87(14)45-25-26-46-88(87,15)92(76)66-53-79-81-80(54-66)91(75-44-40-65(84(7,8)9)52-68(75)60-31-23-18-24-32-60)78-56-70-69(85(10,11)47-48-86(70,12)13)55-73(78)89(81)72-50-62(57-27-19-16-20-28-57)36-42-77(72)90(79)74-43-39-64(83(4,5)6)51-67(74)59-29-21-17-22-30-59/h16-24,27-44,49-56H,25-26,45-48H2,1-15H3. The summed E-state index contributed by atoms with van der Waals surface area (Å²) in [5.74, 6) is 0. The van der Waals surface area contributed by atoms with Crippen molar-refractivity contribution in [1.82, 2.24) is 0 Å². The van der Waals surface area contributed by atoms with Crippen LogP contribution in [0.3, 0.4) is 0 Å². The van der Waals surface area contributed by atoms with Crippen LogP contribution in [0, 0.1) is 0 Å². The summed E-state index contributed by atoms with van der Waals surface area (Å²) in [6.07, 6.45) is 6.85. The molecule has 2 atom stereocenters. The first-order valence-electron chi connectivity index (χ1n) is 34.4. The van der Waals surface area contributed by atoms with Gasteiger partial charge in [0, 0.05) is 50.7 Å². The summed E-state index contributed by atoms with van der Waals surface area (Å²) >= 11 is 0. The van der Waals surface area contributed by atoms with Crippen LogP contribution in [0.2, 0.25) is 0 Å². The molecule has 3 heterocycles. The fraction of sp³-hybridized carbons (Fsp3) is 0.318. The van der Waals surface area contributed by atoms with Crippen LogP contribution < -0.4 is 31.1 Å². The van der Waals surface area contributed by atoms with E-state index in [1.807, 2.05) is 0 Å². The highest BCUT2D eigenvalue weighted by Gasteiger charge is 2.58. The topological polar surface area (TPSA) is 9.72 Å². The molecule has 2 aliphatic carbocycles. The highest BCUT2D eigenvalue weighted by Crippen LogP contribution is 2.63. The summed E-state index contributed by atoms with van der Waals surface area (Å²) < 4.78 is 0. The molecule has 10 aromatic carbocycles. The Balaban J connectivity index is 1.10. The average molecular weight is 1200 g/mol. The van der Waals surface area contributed by atoms with Gasteiger partial charge in [-0.2, -0.15) is 0 Å². The van der Waals surface area contributed by atoms with E-state index >= 15 is 0 Å². The smallest absolute Gasteiger partial charge is 0.252 e. The van der Waals surface area contributed by atoms with Crippen LogP contribution in [0.15, 0.2) is 212 Å². The van der Waals surface area contributed by atoms with Gasteiger partial charge >= 0.3 is 0 Å². The highest BCUT2D eigenvalue weighted by atomic mass is 15.3. The van der Waals surface area contributed by atoms with Crippen molar-refractivity contribution in [2.75, 3.05) is 14.7 Å². The third-order valence-corrected chi connectivity index (χ3v) is 23.0. The van der Waals surface area contributed by atoms with Gasteiger partial charge in [0.2, 0.25) is 0 Å². The molecule has 0 radical (unpaired) electrons. The van der Waals surface area contributed by atoms with Crippen molar-refractivity contribution >= 4 is 68.6 Å². The minimum absolute atomic E-state index is 0.0307. The number of rotatable bonds is 7. The molecule has 4 heteroatoms. The van der Waals surface area contributed by atoms with Crippen molar-refractivity contribution in [2.24, 2.45) is 0 Å². The van der Waals surface area contributed by atoms with Crippen LogP contribution in [0.4, 0.5) is 45.5 Å². The monoisotopic (exact) mass is 1200 g/mol. The number of benzene rings is 10. The van der Waals surface area contributed by atoms with Gasteiger partial charge in [-0.3, -0.25) is 0 Å². The normalized spacial score (nSPS) is 19.4. The molecule has 10 aromatic rings. The summed E-state index contributed by atoms with van der Waals surface area (Å²) in [7, 11) is 0. The van der Waals surface area contributed by atoms with Gasteiger partial charge in [-0.05, 0) is 203 Å². The molecule has 1 fully saturated rings. The van der Waals surface area contributed by atoms with Crippen LogP contribution in [-0.4, -0.2) is 12.3 Å². The quantitative estimate of drug-likeness (QED) is 0.147. The van der Waals surface area contributed by atoms with Crippen molar-refractivity contribution in [3.8, 4) is 44.5 Å². The predicted octanol–water partition coefficient (Wildman–Crippen LogP) is 22.4. The Morgan fingerprint density at radius 1 is 0.326 bits per heavy atom. The van der Waals surface area contributed by atoms with E-state index in [-0.39, 0.29) is 44.7 Å². The lowest BCUT2D eigenvalue weighted by Crippen LogP contribution is -2.62. The lowest BCUT2D eigenvalue weighted by atomic mass is 9.33. The summed E-state index contributed by atoms with van der Waals surface area (Å²) in [5.41, 5.74) is 31.7. The van der Waals surface area contributed by atoms with Crippen molar-refractivity contribution in [3.63, 3.8) is 0 Å². The van der Waals surface area contributed by atoms with E-state index in [4.69, 9.17) is 0 Å². The molecule has 15 rings (SSSR count). The molecular weight excluding hydrogens is 1110 g/mol. The summed E-state index contributed by atoms with van der Waals surface area (Å²) in [4.78, 5) is 8.35. The Bertz CT molecular complexity index is 4550. The first kappa shape index (κ1) is 59.9. The Morgan fingerprint density at radius 3 is 1.28 bits per heavy atom. The van der Waals surface area contributed by atoms with Crippen LogP contribution in [-0.2, 0) is 32.5 Å². The SMILES string of the molecule is CC(C)(C)c1ccc(-c2ccc3c(c2)C2(C)CCCCC2(C)N3c2cc3c4c(c2)N(c2ccc(C(C)(C)C)cc2-c2ccccc2)c2cc5c(cc2B4c2cc(-c4ccccc4)ccc2N3c2ccc(C(C)(C)C)cc2-c2ccccc2)C(C)(C)CCC5(C)C)cc1. The zero-order valence-electron chi connectivity index (χ0n) is 57.4. The number of anilines is 8. The van der Waals surface area contributed by atoms with Crippen molar-refractivity contribution < 1.29 is 0 Å². The molecule has 0 aromatic heterocycles. The molecule has 0 bridgehead atoms.